The van der Waals surface area contributed by atoms with Gasteiger partial charge in [-0.15, -0.1) is 0 Å². The fraction of sp³-hybridized carbons (Fsp3) is 1.00. The van der Waals surface area contributed by atoms with Crippen molar-refractivity contribution in [3.05, 3.63) is 0 Å². The highest BCUT2D eigenvalue weighted by molar-refractivity contribution is 6.91. The Morgan fingerprint density at radius 1 is 0.333 bits per heavy atom. The van der Waals surface area contributed by atoms with Gasteiger partial charge in [0, 0.05) is 64.8 Å². The lowest BCUT2D eigenvalue weighted by Crippen LogP contribution is -2.67. The summed E-state index contributed by atoms with van der Waals surface area (Å²) in [5.74, 6) is 0. The van der Waals surface area contributed by atoms with Crippen molar-refractivity contribution in [1.82, 2.24) is 0 Å². The van der Waals surface area contributed by atoms with E-state index in [1.807, 2.05) is 14.2 Å². The van der Waals surface area contributed by atoms with E-state index < -0.39 is 34.2 Å². The molecule has 0 saturated heterocycles. The number of hydrogen-bond donors (Lipinski definition) is 0. The van der Waals surface area contributed by atoms with Gasteiger partial charge in [0.1, 0.15) is 0 Å². The van der Waals surface area contributed by atoms with E-state index in [0.717, 1.165) is 0 Å². The van der Waals surface area contributed by atoms with Crippen LogP contribution < -0.4 is 0 Å². The summed E-state index contributed by atoms with van der Waals surface area (Å²) in [6, 6.07) is 2.68. The molecule has 0 aromatic rings. The zero-order valence-electron chi connectivity index (χ0n) is 37.6. The van der Waals surface area contributed by atoms with Gasteiger partial charge in [0.2, 0.25) is 0 Å². The average molecular weight is 799 g/mol. The Balaban J connectivity index is 7.65. The molecule has 0 aliphatic heterocycles. The summed E-state index contributed by atoms with van der Waals surface area (Å²) in [4.78, 5) is 0. The quantitative estimate of drug-likeness (QED) is 0.0886. The lowest BCUT2D eigenvalue weighted by Gasteiger charge is -2.51. The normalized spacial score (nSPS) is 18.7. The average Bonchev–Trinajstić information content (AvgIpc) is 2.92. The van der Waals surface area contributed by atoms with Crippen LogP contribution in [0.4, 0.5) is 0 Å². The fourth-order valence-electron chi connectivity index (χ4n) is 5.84. The zero-order chi connectivity index (χ0) is 40.3. The molecule has 0 fully saturated rings. The first-order chi connectivity index (χ1) is 22.8. The van der Waals surface area contributed by atoms with Gasteiger partial charge in [0.15, 0.2) is 0 Å². The molecule has 0 N–H and O–H groups in total. The maximum Gasteiger partial charge on any atom is 0.334 e. The third kappa shape index (κ3) is 18.3. The molecule has 0 rings (SSSR count). The molecule has 0 aromatic heterocycles. The second kappa shape index (κ2) is 20.6. The highest BCUT2D eigenvalue weighted by Crippen LogP contribution is 2.45. The van der Waals surface area contributed by atoms with Gasteiger partial charge in [0.05, 0.1) is 22.4 Å². The van der Waals surface area contributed by atoms with Gasteiger partial charge in [-0.3, -0.25) is 0 Å². The minimum absolute atomic E-state index is 0.0741. The van der Waals surface area contributed by atoms with E-state index in [-0.39, 0.29) is 44.6 Å². The molecule has 0 saturated carbocycles. The zero-order valence-corrected chi connectivity index (χ0v) is 41.6. The van der Waals surface area contributed by atoms with Crippen LogP contribution in [0.2, 0.25) is 46.3 Å². The first kappa shape index (κ1) is 51.5. The van der Waals surface area contributed by atoms with Crippen LogP contribution in [0.15, 0.2) is 0 Å². The Morgan fingerprint density at radius 2 is 0.510 bits per heavy atom. The van der Waals surface area contributed by atoms with Gasteiger partial charge in [0.25, 0.3) is 0 Å². The van der Waals surface area contributed by atoms with Gasteiger partial charge in [-0.05, 0) is 105 Å². The lowest BCUT2D eigenvalue weighted by atomic mass is 10.2. The third-order valence-electron chi connectivity index (χ3n) is 9.19. The minimum atomic E-state index is -3.22. The van der Waals surface area contributed by atoms with Crippen LogP contribution in [0.25, 0.3) is 0 Å². The van der Waals surface area contributed by atoms with Crippen molar-refractivity contribution in [3.8, 4) is 0 Å². The number of hydrogen-bond acceptors (Lipinski definition) is 9. The molecule has 0 amide bonds. The smallest absolute Gasteiger partial charge is 0.334 e. The van der Waals surface area contributed by atoms with E-state index in [0.29, 0.717) is 50.6 Å². The molecule has 9 nitrogen and oxygen atoms in total. The maximum absolute atomic E-state index is 7.99. The Morgan fingerprint density at radius 3 is 0.667 bits per heavy atom. The standard InChI is InChI=1S/C38H86O9Si4/c1-31(2)48(39-21,27-23-41-35(9,10)11)45-50(33(5)6,29-25-43-37(15,16)17)47-51(34(7)8,30-26-44-38(18,19)20)46-49(40-22,32(3)4)28-24-42-36(12,13)14/h31-34H,23-30H2,1-22H3. The monoisotopic (exact) mass is 799 g/mol. The molecule has 0 heterocycles. The SMILES string of the molecule is CO[Si](CCOC(C)(C)C)(O[Si](CCOC(C)(C)C)(O[Si](CCOC(C)(C)C)(O[Si](CCOC(C)(C)C)(OC)C(C)C)C(C)C)C(C)C)C(C)C. The van der Waals surface area contributed by atoms with Crippen LogP contribution in [-0.2, 0) is 40.1 Å². The molecule has 0 spiro atoms. The molecule has 13 heteroatoms. The summed E-state index contributed by atoms with van der Waals surface area (Å²) < 4.78 is 62.2. The first-order valence-corrected chi connectivity index (χ1v) is 28.0. The second-order valence-corrected chi connectivity index (χ2v) is 35.8. The largest absolute Gasteiger partial charge is 0.415 e. The van der Waals surface area contributed by atoms with E-state index in [9.17, 15) is 0 Å². The molecule has 4 unspecified atom stereocenters. The predicted octanol–water partition coefficient (Wildman–Crippen LogP) is 11.0. The molecule has 0 bridgehead atoms. The predicted molar refractivity (Wildman–Crippen MR) is 223 cm³/mol. The maximum atomic E-state index is 7.99. The van der Waals surface area contributed by atoms with Crippen LogP contribution in [0.3, 0.4) is 0 Å². The summed E-state index contributed by atoms with van der Waals surface area (Å²) >= 11 is 0. The Bertz CT molecular complexity index is 896. The van der Waals surface area contributed by atoms with Gasteiger partial charge in [-0.1, -0.05) is 55.4 Å². The molecule has 0 aliphatic rings. The van der Waals surface area contributed by atoms with E-state index in [4.69, 9.17) is 40.1 Å². The van der Waals surface area contributed by atoms with Crippen molar-refractivity contribution in [3.63, 3.8) is 0 Å². The van der Waals surface area contributed by atoms with Gasteiger partial charge in [-0.25, -0.2) is 0 Å². The molecule has 0 aromatic carbocycles. The molecule has 4 atom stereocenters. The van der Waals surface area contributed by atoms with Gasteiger partial charge < -0.3 is 40.1 Å². The van der Waals surface area contributed by atoms with E-state index in [1.165, 1.54) is 0 Å². The van der Waals surface area contributed by atoms with Crippen molar-refractivity contribution in [2.75, 3.05) is 40.6 Å². The molecule has 308 valence electrons. The summed E-state index contributed by atoms with van der Waals surface area (Å²) in [6.07, 6.45) is 0. The van der Waals surface area contributed by atoms with E-state index in [2.05, 4.69) is 138 Å². The highest BCUT2D eigenvalue weighted by Gasteiger charge is 2.60. The summed E-state index contributed by atoms with van der Waals surface area (Å²) in [7, 11) is -8.64. The van der Waals surface area contributed by atoms with E-state index in [1.54, 1.807) is 0 Å². The first-order valence-electron chi connectivity index (χ1n) is 19.6. The van der Waals surface area contributed by atoms with Gasteiger partial charge in [-0.2, -0.15) is 0 Å². The molecule has 51 heavy (non-hydrogen) atoms. The Hall–Kier alpha value is 0.508. The van der Waals surface area contributed by atoms with Crippen LogP contribution in [0, 0.1) is 0 Å². The summed E-state index contributed by atoms with van der Waals surface area (Å²) in [5.41, 5.74) is -0.693. The topological polar surface area (TPSA) is 83.1 Å². The van der Waals surface area contributed by atoms with Crippen molar-refractivity contribution < 1.29 is 40.1 Å². The van der Waals surface area contributed by atoms with Crippen LogP contribution in [-0.4, -0.2) is 97.3 Å². The number of rotatable bonds is 24. The van der Waals surface area contributed by atoms with E-state index >= 15 is 0 Å². The van der Waals surface area contributed by atoms with Gasteiger partial charge >= 0.3 is 34.2 Å². The molecular formula is C38H86O9Si4. The van der Waals surface area contributed by atoms with Crippen molar-refractivity contribution >= 4 is 34.2 Å². The lowest BCUT2D eigenvalue weighted by molar-refractivity contribution is -0.000234. The van der Waals surface area contributed by atoms with Crippen LogP contribution >= 0.6 is 0 Å². The molecule has 0 aliphatic carbocycles. The number of ether oxygens (including phenoxy) is 4. The molecular weight excluding hydrogens is 713 g/mol. The third-order valence-corrected chi connectivity index (χ3v) is 29.5. The fourth-order valence-corrected chi connectivity index (χ4v) is 27.9. The molecule has 0 radical (unpaired) electrons. The van der Waals surface area contributed by atoms with Crippen LogP contribution in [0.1, 0.15) is 138 Å². The van der Waals surface area contributed by atoms with Crippen molar-refractivity contribution in [1.29, 1.82) is 0 Å². The summed E-state index contributed by atoms with van der Waals surface area (Å²) in [5, 5.41) is 0. The highest BCUT2D eigenvalue weighted by atomic mass is 28.5. The van der Waals surface area contributed by atoms with Crippen LogP contribution in [0.5, 0.6) is 0 Å². The minimum Gasteiger partial charge on any atom is -0.415 e. The van der Waals surface area contributed by atoms with Crippen molar-refractivity contribution in [2.45, 2.75) is 207 Å². The summed E-state index contributed by atoms with van der Waals surface area (Å²) in [6.45, 7) is 45.1. The Labute approximate surface area is 321 Å². The Kier molecular flexibility index (Phi) is 20.8. The second-order valence-electron chi connectivity index (χ2n) is 19.4. The van der Waals surface area contributed by atoms with Crippen molar-refractivity contribution in [2.24, 2.45) is 0 Å².